The van der Waals surface area contributed by atoms with Crippen molar-refractivity contribution >= 4 is 34.7 Å². The zero-order chi connectivity index (χ0) is 21.3. The van der Waals surface area contributed by atoms with Gasteiger partial charge in [-0.3, -0.25) is 9.36 Å². The van der Waals surface area contributed by atoms with E-state index in [1.165, 1.54) is 22.8 Å². The van der Waals surface area contributed by atoms with Gasteiger partial charge in [0, 0.05) is 0 Å². The van der Waals surface area contributed by atoms with Gasteiger partial charge in [0.05, 0.1) is 33.2 Å². The van der Waals surface area contributed by atoms with Crippen molar-refractivity contribution in [3.63, 3.8) is 0 Å². The molecular weight excluding hydrogens is 401 g/mol. The molecule has 30 heavy (non-hydrogen) atoms. The SMILES string of the molecule is Cc1ccc(C#N)c(/C=C/c2nc3ccc(F)cc3c(=O)n2-c2ccccc2Cl)c1. The zero-order valence-corrected chi connectivity index (χ0v) is 16.7. The summed E-state index contributed by atoms with van der Waals surface area (Å²) in [6, 6.07) is 18.4. The van der Waals surface area contributed by atoms with Crippen molar-refractivity contribution in [2.75, 3.05) is 0 Å². The Morgan fingerprint density at radius 2 is 1.90 bits per heavy atom. The van der Waals surface area contributed by atoms with Crippen molar-refractivity contribution in [2.24, 2.45) is 0 Å². The van der Waals surface area contributed by atoms with Gasteiger partial charge in [-0.25, -0.2) is 9.37 Å². The van der Waals surface area contributed by atoms with Crippen molar-refractivity contribution in [3.8, 4) is 11.8 Å². The molecule has 1 aromatic heterocycles. The van der Waals surface area contributed by atoms with Crippen LogP contribution in [0.3, 0.4) is 0 Å². The summed E-state index contributed by atoms with van der Waals surface area (Å²) in [6.07, 6.45) is 3.39. The molecule has 0 fully saturated rings. The lowest BCUT2D eigenvalue weighted by atomic mass is 10.0. The highest BCUT2D eigenvalue weighted by Crippen LogP contribution is 2.23. The van der Waals surface area contributed by atoms with Crippen LogP contribution >= 0.6 is 11.6 Å². The second-order valence-corrected chi connectivity index (χ2v) is 7.17. The lowest BCUT2D eigenvalue weighted by Gasteiger charge is -2.13. The van der Waals surface area contributed by atoms with Crippen LogP contribution < -0.4 is 5.56 Å². The highest BCUT2D eigenvalue weighted by molar-refractivity contribution is 6.32. The van der Waals surface area contributed by atoms with E-state index in [1.54, 1.807) is 42.5 Å². The van der Waals surface area contributed by atoms with Gasteiger partial charge >= 0.3 is 0 Å². The third kappa shape index (κ3) is 3.61. The van der Waals surface area contributed by atoms with E-state index < -0.39 is 11.4 Å². The summed E-state index contributed by atoms with van der Waals surface area (Å²) in [5, 5.41) is 9.89. The quantitative estimate of drug-likeness (QED) is 0.442. The summed E-state index contributed by atoms with van der Waals surface area (Å²) >= 11 is 6.34. The van der Waals surface area contributed by atoms with Gasteiger partial charge in [-0.2, -0.15) is 5.26 Å². The van der Waals surface area contributed by atoms with Crippen molar-refractivity contribution in [1.29, 1.82) is 5.26 Å². The van der Waals surface area contributed by atoms with Crippen molar-refractivity contribution in [1.82, 2.24) is 9.55 Å². The molecule has 0 spiro atoms. The lowest BCUT2D eigenvalue weighted by molar-refractivity contribution is 0.629. The molecule has 0 N–H and O–H groups in total. The maximum Gasteiger partial charge on any atom is 0.266 e. The van der Waals surface area contributed by atoms with Crippen molar-refractivity contribution < 1.29 is 4.39 Å². The summed E-state index contributed by atoms with van der Waals surface area (Å²) in [6.45, 7) is 1.93. The molecule has 4 rings (SSSR count). The molecule has 0 unspecified atom stereocenters. The van der Waals surface area contributed by atoms with E-state index >= 15 is 0 Å². The maximum atomic E-state index is 13.8. The van der Waals surface area contributed by atoms with Crippen LogP contribution in [0.2, 0.25) is 5.02 Å². The molecule has 0 saturated heterocycles. The number of aryl methyl sites for hydroxylation is 1. The highest BCUT2D eigenvalue weighted by Gasteiger charge is 2.14. The normalized spacial score (nSPS) is 11.1. The average Bonchev–Trinajstić information content (AvgIpc) is 2.74. The van der Waals surface area contributed by atoms with Crippen LogP contribution in [0.25, 0.3) is 28.7 Å². The largest absolute Gasteiger partial charge is 0.268 e. The minimum atomic E-state index is -0.520. The van der Waals surface area contributed by atoms with Crippen LogP contribution in [0.5, 0.6) is 0 Å². The number of nitrogens with zero attached hydrogens (tertiary/aromatic N) is 3. The van der Waals surface area contributed by atoms with Crippen LogP contribution in [0.4, 0.5) is 4.39 Å². The van der Waals surface area contributed by atoms with E-state index in [1.807, 2.05) is 19.1 Å². The fraction of sp³-hybridized carbons (Fsp3) is 0.0417. The summed E-state index contributed by atoms with van der Waals surface area (Å²) in [4.78, 5) is 17.8. The molecule has 0 bridgehead atoms. The third-order valence-corrected chi connectivity index (χ3v) is 5.01. The Kier molecular flexibility index (Phi) is 5.18. The molecule has 3 aromatic carbocycles. The standard InChI is InChI=1S/C24H15ClFN3O/c1-15-6-7-17(14-27)16(12-15)8-11-23-28-21-10-9-18(26)13-19(21)24(30)29(23)22-5-3-2-4-20(22)25/h2-13H,1H3/b11-8+. The molecule has 4 nitrogen and oxygen atoms in total. The van der Waals surface area contributed by atoms with E-state index in [0.29, 0.717) is 33.2 Å². The molecule has 0 aliphatic heterocycles. The highest BCUT2D eigenvalue weighted by atomic mass is 35.5. The molecule has 146 valence electrons. The maximum absolute atomic E-state index is 13.8. The molecule has 0 amide bonds. The molecule has 0 atom stereocenters. The van der Waals surface area contributed by atoms with E-state index in [2.05, 4.69) is 11.1 Å². The number of benzene rings is 3. The first-order valence-electron chi connectivity index (χ1n) is 9.14. The Morgan fingerprint density at radius 1 is 1.10 bits per heavy atom. The number of para-hydroxylation sites is 1. The van der Waals surface area contributed by atoms with E-state index in [-0.39, 0.29) is 5.39 Å². The summed E-state index contributed by atoms with van der Waals surface area (Å²) < 4.78 is 15.1. The lowest BCUT2D eigenvalue weighted by Crippen LogP contribution is -2.22. The van der Waals surface area contributed by atoms with Gasteiger partial charge in [-0.05, 0) is 61.0 Å². The van der Waals surface area contributed by atoms with Crippen LogP contribution in [0, 0.1) is 24.1 Å². The molecule has 4 aromatic rings. The summed E-state index contributed by atoms with van der Waals surface area (Å²) in [5.74, 6) is -0.202. The number of aromatic nitrogens is 2. The van der Waals surface area contributed by atoms with Crippen molar-refractivity contribution in [2.45, 2.75) is 6.92 Å². The van der Waals surface area contributed by atoms with Crippen LogP contribution in [0.1, 0.15) is 22.5 Å². The fourth-order valence-electron chi connectivity index (χ4n) is 3.24. The van der Waals surface area contributed by atoms with Gasteiger partial charge in [-0.15, -0.1) is 0 Å². The number of nitriles is 1. The van der Waals surface area contributed by atoms with E-state index in [0.717, 1.165) is 5.56 Å². The number of hydrogen-bond acceptors (Lipinski definition) is 3. The van der Waals surface area contributed by atoms with Crippen molar-refractivity contribution in [3.05, 3.63) is 104 Å². The first-order valence-corrected chi connectivity index (χ1v) is 9.52. The molecular formula is C24H15ClFN3O. The second-order valence-electron chi connectivity index (χ2n) is 6.76. The first-order chi connectivity index (χ1) is 14.5. The van der Waals surface area contributed by atoms with Crippen LogP contribution in [0.15, 0.2) is 65.5 Å². The Bertz CT molecular complexity index is 1420. The number of fused-ring (bicyclic) bond motifs is 1. The molecule has 1 heterocycles. The van der Waals surface area contributed by atoms with Gasteiger partial charge in [0.2, 0.25) is 0 Å². The smallest absolute Gasteiger partial charge is 0.266 e. The Labute approximate surface area is 177 Å². The predicted molar refractivity (Wildman–Crippen MR) is 117 cm³/mol. The average molecular weight is 416 g/mol. The van der Waals surface area contributed by atoms with E-state index in [9.17, 15) is 14.4 Å². The van der Waals surface area contributed by atoms with Gasteiger partial charge < -0.3 is 0 Å². The molecule has 0 radical (unpaired) electrons. The van der Waals surface area contributed by atoms with Gasteiger partial charge in [-0.1, -0.05) is 41.4 Å². The van der Waals surface area contributed by atoms with Gasteiger partial charge in [0.15, 0.2) is 0 Å². The molecule has 6 heteroatoms. The second kappa shape index (κ2) is 7.94. The summed E-state index contributed by atoms with van der Waals surface area (Å²) in [7, 11) is 0. The Balaban J connectivity index is 2.00. The van der Waals surface area contributed by atoms with Crippen LogP contribution in [-0.2, 0) is 0 Å². The number of rotatable bonds is 3. The minimum Gasteiger partial charge on any atom is -0.268 e. The Hall–Kier alpha value is -3.75. The Morgan fingerprint density at radius 3 is 2.67 bits per heavy atom. The summed E-state index contributed by atoms with van der Waals surface area (Å²) in [5.41, 5.74) is 2.58. The van der Waals surface area contributed by atoms with Gasteiger partial charge in [0.25, 0.3) is 5.56 Å². The molecule has 0 aliphatic carbocycles. The molecule has 0 aliphatic rings. The monoisotopic (exact) mass is 415 g/mol. The van der Waals surface area contributed by atoms with Gasteiger partial charge in [0.1, 0.15) is 11.6 Å². The fourth-order valence-corrected chi connectivity index (χ4v) is 3.46. The number of hydrogen-bond donors (Lipinski definition) is 0. The predicted octanol–water partition coefficient (Wildman–Crippen LogP) is 5.53. The molecule has 0 saturated carbocycles. The topological polar surface area (TPSA) is 58.7 Å². The third-order valence-electron chi connectivity index (χ3n) is 4.69. The zero-order valence-electron chi connectivity index (χ0n) is 15.9. The minimum absolute atomic E-state index is 0.153. The van der Waals surface area contributed by atoms with E-state index in [4.69, 9.17) is 11.6 Å². The van der Waals surface area contributed by atoms with Crippen LogP contribution in [-0.4, -0.2) is 9.55 Å². The first kappa shape index (κ1) is 19.6. The number of halogens is 2.